The molecule has 0 unspecified atom stereocenters. The van der Waals surface area contributed by atoms with Crippen LogP contribution >= 0.6 is 0 Å². The van der Waals surface area contributed by atoms with Crippen LogP contribution in [0.5, 0.6) is 0 Å². The lowest BCUT2D eigenvalue weighted by Crippen LogP contribution is -2.09. The zero-order chi connectivity index (χ0) is 17.2. The molecule has 1 heterocycles. The molecule has 4 aromatic rings. The molecule has 1 N–H and O–H groups in total. The van der Waals surface area contributed by atoms with Gasteiger partial charge in [-0.05, 0) is 28.8 Å². The molecule has 3 heteroatoms. The molecule has 0 saturated carbocycles. The van der Waals surface area contributed by atoms with Crippen LogP contribution in [0.15, 0.2) is 84.9 Å². The molecule has 0 saturated heterocycles. The molecular formula is C22H17NO2. The Labute approximate surface area is 145 Å². The van der Waals surface area contributed by atoms with E-state index >= 15 is 0 Å². The first kappa shape index (κ1) is 15.2. The van der Waals surface area contributed by atoms with Gasteiger partial charge in [-0.2, -0.15) is 0 Å². The van der Waals surface area contributed by atoms with Crippen LogP contribution in [-0.4, -0.2) is 15.6 Å². The molecule has 3 nitrogen and oxygen atoms in total. The first-order chi connectivity index (χ1) is 12.2. The van der Waals surface area contributed by atoms with Gasteiger partial charge in [0.2, 0.25) is 0 Å². The zero-order valence-corrected chi connectivity index (χ0v) is 13.6. The van der Waals surface area contributed by atoms with E-state index in [1.807, 2.05) is 47.0 Å². The van der Waals surface area contributed by atoms with Crippen LogP contribution in [-0.2, 0) is 6.54 Å². The third kappa shape index (κ3) is 2.92. The Morgan fingerprint density at radius 2 is 1.44 bits per heavy atom. The number of hydrogen-bond acceptors (Lipinski definition) is 1. The van der Waals surface area contributed by atoms with Crippen molar-refractivity contribution in [2.75, 3.05) is 0 Å². The second-order valence-corrected chi connectivity index (χ2v) is 6.04. The average Bonchev–Trinajstić information content (AvgIpc) is 3.02. The lowest BCUT2D eigenvalue weighted by Gasteiger charge is -2.10. The monoisotopic (exact) mass is 327 g/mol. The molecule has 0 amide bonds. The molecule has 122 valence electrons. The quantitative estimate of drug-likeness (QED) is 0.569. The molecule has 25 heavy (non-hydrogen) atoms. The number of aromatic carboxylic acids is 1. The third-order valence-electron chi connectivity index (χ3n) is 4.43. The lowest BCUT2D eigenvalue weighted by atomic mass is 10.0. The normalized spacial score (nSPS) is 10.9. The summed E-state index contributed by atoms with van der Waals surface area (Å²) in [6.07, 6.45) is 0. The number of carbonyl (C=O) groups is 1. The lowest BCUT2D eigenvalue weighted by molar-refractivity contribution is 0.0686. The maximum atomic E-state index is 11.6. The third-order valence-corrected chi connectivity index (χ3v) is 4.43. The van der Waals surface area contributed by atoms with Gasteiger partial charge >= 0.3 is 5.97 Å². The minimum absolute atomic E-state index is 0.313. The Morgan fingerprint density at radius 3 is 2.16 bits per heavy atom. The van der Waals surface area contributed by atoms with Gasteiger partial charge in [0.25, 0.3) is 0 Å². The van der Waals surface area contributed by atoms with Crippen molar-refractivity contribution in [3.8, 4) is 11.1 Å². The number of carboxylic acid groups (broad SMARTS) is 1. The highest BCUT2D eigenvalue weighted by Gasteiger charge is 2.14. The van der Waals surface area contributed by atoms with Gasteiger partial charge in [0.1, 0.15) is 5.69 Å². The number of benzene rings is 3. The van der Waals surface area contributed by atoms with Gasteiger partial charge in [-0.25, -0.2) is 4.79 Å². The van der Waals surface area contributed by atoms with E-state index in [-0.39, 0.29) is 0 Å². The van der Waals surface area contributed by atoms with Gasteiger partial charge in [-0.3, -0.25) is 0 Å². The van der Waals surface area contributed by atoms with Gasteiger partial charge in [0.15, 0.2) is 0 Å². The predicted molar refractivity (Wildman–Crippen MR) is 99.9 cm³/mol. The summed E-state index contributed by atoms with van der Waals surface area (Å²) in [5.41, 5.74) is 4.65. The topological polar surface area (TPSA) is 42.2 Å². The Hall–Kier alpha value is -3.33. The molecule has 0 radical (unpaired) electrons. The summed E-state index contributed by atoms with van der Waals surface area (Å²) in [6, 6.07) is 28.0. The molecule has 0 bridgehead atoms. The Bertz CT molecular complexity index is 1030. The second-order valence-electron chi connectivity index (χ2n) is 6.04. The van der Waals surface area contributed by atoms with Crippen LogP contribution in [0, 0.1) is 0 Å². The number of nitrogens with zero attached hydrogens (tertiary/aromatic N) is 1. The minimum atomic E-state index is -0.905. The molecule has 0 atom stereocenters. The molecule has 0 aliphatic rings. The molecule has 0 aliphatic carbocycles. The minimum Gasteiger partial charge on any atom is -0.477 e. The van der Waals surface area contributed by atoms with Crippen LogP contribution in [0.25, 0.3) is 22.0 Å². The fourth-order valence-electron chi connectivity index (χ4n) is 3.17. The van der Waals surface area contributed by atoms with Gasteiger partial charge in [-0.15, -0.1) is 0 Å². The average molecular weight is 327 g/mol. The maximum Gasteiger partial charge on any atom is 0.352 e. The fourth-order valence-corrected chi connectivity index (χ4v) is 3.17. The van der Waals surface area contributed by atoms with Crippen molar-refractivity contribution in [2.24, 2.45) is 0 Å². The fraction of sp³-hybridized carbons (Fsp3) is 0.0455. The summed E-state index contributed by atoms with van der Waals surface area (Å²) < 4.78 is 1.86. The van der Waals surface area contributed by atoms with Gasteiger partial charge in [0, 0.05) is 17.4 Å². The molecule has 0 spiro atoms. The van der Waals surface area contributed by atoms with E-state index in [4.69, 9.17) is 0 Å². The van der Waals surface area contributed by atoms with Crippen LogP contribution in [0.1, 0.15) is 16.1 Å². The summed E-state index contributed by atoms with van der Waals surface area (Å²) in [5, 5.41) is 10.5. The Balaban J connectivity index is 1.70. The first-order valence-corrected chi connectivity index (χ1v) is 8.18. The highest BCUT2D eigenvalue weighted by Crippen LogP contribution is 2.23. The van der Waals surface area contributed by atoms with E-state index in [1.54, 1.807) is 6.07 Å². The smallest absolute Gasteiger partial charge is 0.352 e. The summed E-state index contributed by atoms with van der Waals surface area (Å²) in [5.74, 6) is -0.905. The van der Waals surface area contributed by atoms with E-state index in [0.29, 0.717) is 12.2 Å². The van der Waals surface area contributed by atoms with Gasteiger partial charge in [0.05, 0.1) is 0 Å². The Kier molecular flexibility index (Phi) is 3.82. The van der Waals surface area contributed by atoms with E-state index < -0.39 is 5.97 Å². The van der Waals surface area contributed by atoms with Crippen molar-refractivity contribution in [2.45, 2.75) is 6.54 Å². The number of fused-ring (bicyclic) bond motifs is 1. The van der Waals surface area contributed by atoms with Crippen molar-refractivity contribution < 1.29 is 9.90 Å². The van der Waals surface area contributed by atoms with Crippen LogP contribution in [0.2, 0.25) is 0 Å². The number of carboxylic acids is 1. The largest absolute Gasteiger partial charge is 0.477 e. The Morgan fingerprint density at radius 1 is 0.800 bits per heavy atom. The number of rotatable bonds is 4. The maximum absolute atomic E-state index is 11.6. The van der Waals surface area contributed by atoms with Crippen molar-refractivity contribution in [3.63, 3.8) is 0 Å². The van der Waals surface area contributed by atoms with Crippen molar-refractivity contribution in [3.05, 3.63) is 96.2 Å². The van der Waals surface area contributed by atoms with Crippen molar-refractivity contribution >= 4 is 16.9 Å². The molecular weight excluding hydrogens is 310 g/mol. The molecule has 0 fully saturated rings. The van der Waals surface area contributed by atoms with Gasteiger partial charge in [-0.1, -0.05) is 72.8 Å². The number of hydrogen-bond donors (Lipinski definition) is 1. The summed E-state index contributed by atoms with van der Waals surface area (Å²) >= 11 is 0. The van der Waals surface area contributed by atoms with Crippen LogP contribution in [0.3, 0.4) is 0 Å². The second kappa shape index (κ2) is 6.29. The standard InChI is InChI=1S/C22H17NO2/c24-22(25)21-14-19-8-4-5-9-20(19)23(21)15-16-10-12-18(13-11-16)17-6-2-1-3-7-17/h1-14H,15H2,(H,24,25). The molecule has 3 aromatic carbocycles. The van der Waals surface area contributed by atoms with Crippen LogP contribution < -0.4 is 0 Å². The van der Waals surface area contributed by atoms with E-state index in [1.165, 1.54) is 5.56 Å². The molecule has 0 aliphatic heterocycles. The summed E-state index contributed by atoms with van der Waals surface area (Å²) in [6.45, 7) is 0.532. The van der Waals surface area contributed by atoms with Crippen LogP contribution in [0.4, 0.5) is 0 Å². The summed E-state index contributed by atoms with van der Waals surface area (Å²) in [7, 11) is 0. The SMILES string of the molecule is O=C(O)c1cc2ccccc2n1Cc1ccc(-c2ccccc2)cc1. The van der Waals surface area contributed by atoms with Crippen molar-refractivity contribution in [1.82, 2.24) is 4.57 Å². The highest BCUT2D eigenvalue weighted by atomic mass is 16.4. The van der Waals surface area contributed by atoms with E-state index in [9.17, 15) is 9.90 Å². The molecule has 1 aromatic heterocycles. The highest BCUT2D eigenvalue weighted by molar-refractivity contribution is 5.94. The van der Waals surface area contributed by atoms with Gasteiger partial charge < -0.3 is 9.67 Å². The predicted octanol–water partition coefficient (Wildman–Crippen LogP) is 5.05. The molecule has 4 rings (SSSR count). The zero-order valence-electron chi connectivity index (χ0n) is 13.6. The van der Waals surface area contributed by atoms with Crippen molar-refractivity contribution in [1.29, 1.82) is 0 Å². The first-order valence-electron chi connectivity index (χ1n) is 8.18. The van der Waals surface area contributed by atoms with E-state index in [0.717, 1.165) is 22.0 Å². The number of para-hydroxylation sites is 1. The summed E-state index contributed by atoms with van der Waals surface area (Å²) in [4.78, 5) is 11.6. The number of aromatic nitrogens is 1. The van der Waals surface area contributed by atoms with E-state index in [2.05, 4.69) is 36.4 Å².